The standard InChI is InChI=1S/C12H14BrClN2O/c13-10-6-8(3-4-11(10)14)12(17)16-9-2-1-5-15-7-9/h3-4,6,9,15H,1-2,5,7H2,(H,16,17). The predicted molar refractivity (Wildman–Crippen MR) is 72.5 cm³/mol. The maximum absolute atomic E-state index is 12.0. The van der Waals surface area contributed by atoms with Crippen molar-refractivity contribution in [2.75, 3.05) is 13.1 Å². The highest BCUT2D eigenvalue weighted by Gasteiger charge is 2.16. The van der Waals surface area contributed by atoms with Crippen molar-refractivity contribution in [1.82, 2.24) is 10.6 Å². The van der Waals surface area contributed by atoms with Crippen LogP contribution in [-0.2, 0) is 0 Å². The number of piperidine rings is 1. The molecule has 1 saturated heterocycles. The molecule has 1 unspecified atom stereocenters. The lowest BCUT2D eigenvalue weighted by atomic mass is 10.1. The van der Waals surface area contributed by atoms with Gasteiger partial charge in [-0.1, -0.05) is 11.6 Å². The number of rotatable bonds is 2. The van der Waals surface area contributed by atoms with Crippen LogP contribution in [0, 0.1) is 0 Å². The molecule has 0 radical (unpaired) electrons. The maximum atomic E-state index is 12.0. The summed E-state index contributed by atoms with van der Waals surface area (Å²) in [5, 5.41) is 6.90. The van der Waals surface area contributed by atoms with Gasteiger partial charge in [0.2, 0.25) is 0 Å². The molecule has 0 saturated carbocycles. The summed E-state index contributed by atoms with van der Waals surface area (Å²) >= 11 is 9.20. The number of halogens is 2. The van der Waals surface area contributed by atoms with E-state index in [1.54, 1.807) is 18.2 Å². The molecule has 0 spiro atoms. The molecule has 1 aliphatic heterocycles. The fourth-order valence-corrected chi connectivity index (χ4v) is 2.38. The molecule has 1 amide bonds. The first-order valence-corrected chi connectivity index (χ1v) is 6.80. The van der Waals surface area contributed by atoms with Gasteiger partial charge in [-0.2, -0.15) is 0 Å². The van der Waals surface area contributed by atoms with E-state index >= 15 is 0 Å². The third-order valence-electron chi connectivity index (χ3n) is 2.81. The van der Waals surface area contributed by atoms with E-state index in [1.807, 2.05) is 0 Å². The van der Waals surface area contributed by atoms with Crippen LogP contribution in [0.25, 0.3) is 0 Å². The zero-order chi connectivity index (χ0) is 12.3. The van der Waals surface area contributed by atoms with Crippen molar-refractivity contribution in [3.8, 4) is 0 Å². The Morgan fingerprint density at radius 3 is 3.00 bits per heavy atom. The van der Waals surface area contributed by atoms with Crippen molar-refractivity contribution < 1.29 is 4.79 Å². The number of hydrogen-bond acceptors (Lipinski definition) is 2. The van der Waals surface area contributed by atoms with Gasteiger partial charge in [0.05, 0.1) is 5.02 Å². The molecule has 1 aliphatic rings. The van der Waals surface area contributed by atoms with Crippen LogP contribution in [0.5, 0.6) is 0 Å². The fourth-order valence-electron chi connectivity index (χ4n) is 1.88. The van der Waals surface area contributed by atoms with Gasteiger partial charge >= 0.3 is 0 Å². The minimum atomic E-state index is -0.0453. The maximum Gasteiger partial charge on any atom is 0.251 e. The van der Waals surface area contributed by atoms with Gasteiger partial charge in [-0.15, -0.1) is 0 Å². The zero-order valence-electron chi connectivity index (χ0n) is 9.30. The molecule has 2 N–H and O–H groups in total. The van der Waals surface area contributed by atoms with Crippen LogP contribution in [0.3, 0.4) is 0 Å². The molecule has 92 valence electrons. The third kappa shape index (κ3) is 3.44. The highest BCUT2D eigenvalue weighted by atomic mass is 79.9. The van der Waals surface area contributed by atoms with E-state index in [-0.39, 0.29) is 11.9 Å². The Morgan fingerprint density at radius 1 is 1.53 bits per heavy atom. The fraction of sp³-hybridized carbons (Fsp3) is 0.417. The van der Waals surface area contributed by atoms with Crippen molar-refractivity contribution in [3.05, 3.63) is 33.3 Å². The Balaban J connectivity index is 2.01. The molecule has 2 rings (SSSR count). The van der Waals surface area contributed by atoms with E-state index in [2.05, 4.69) is 26.6 Å². The Morgan fingerprint density at radius 2 is 2.35 bits per heavy atom. The van der Waals surface area contributed by atoms with Crippen LogP contribution >= 0.6 is 27.5 Å². The molecule has 5 heteroatoms. The van der Waals surface area contributed by atoms with Crippen molar-refractivity contribution in [2.24, 2.45) is 0 Å². The van der Waals surface area contributed by atoms with E-state index in [0.29, 0.717) is 10.6 Å². The van der Waals surface area contributed by atoms with Crippen LogP contribution in [0.2, 0.25) is 5.02 Å². The largest absolute Gasteiger partial charge is 0.348 e. The number of carbonyl (C=O) groups is 1. The van der Waals surface area contributed by atoms with Crippen LogP contribution in [-0.4, -0.2) is 25.0 Å². The molecule has 1 atom stereocenters. The lowest BCUT2D eigenvalue weighted by Crippen LogP contribution is -2.45. The van der Waals surface area contributed by atoms with Crippen LogP contribution in [0.4, 0.5) is 0 Å². The summed E-state index contributed by atoms with van der Waals surface area (Å²) in [6.45, 7) is 1.89. The molecular formula is C12H14BrClN2O. The molecule has 1 aromatic rings. The molecule has 17 heavy (non-hydrogen) atoms. The second kappa shape index (κ2) is 5.85. The average Bonchev–Trinajstić information content (AvgIpc) is 2.34. The Kier molecular flexibility index (Phi) is 4.42. The second-order valence-corrected chi connectivity index (χ2v) is 5.41. The molecule has 1 heterocycles. The predicted octanol–water partition coefficient (Wildman–Crippen LogP) is 2.58. The SMILES string of the molecule is O=C(NC1CCCNC1)c1ccc(Cl)c(Br)c1. The minimum Gasteiger partial charge on any atom is -0.348 e. The summed E-state index contributed by atoms with van der Waals surface area (Å²) in [7, 11) is 0. The van der Waals surface area contributed by atoms with Crippen molar-refractivity contribution in [1.29, 1.82) is 0 Å². The van der Waals surface area contributed by atoms with Crippen molar-refractivity contribution in [2.45, 2.75) is 18.9 Å². The number of amides is 1. The van der Waals surface area contributed by atoms with Gasteiger partial charge in [-0.25, -0.2) is 0 Å². The van der Waals surface area contributed by atoms with E-state index in [1.165, 1.54) is 0 Å². The quantitative estimate of drug-likeness (QED) is 0.880. The second-order valence-electron chi connectivity index (χ2n) is 4.15. The van der Waals surface area contributed by atoms with E-state index in [4.69, 9.17) is 11.6 Å². The van der Waals surface area contributed by atoms with Gasteiger partial charge in [0.1, 0.15) is 0 Å². The molecule has 1 fully saturated rings. The smallest absolute Gasteiger partial charge is 0.251 e. The van der Waals surface area contributed by atoms with Gasteiger partial charge in [0.25, 0.3) is 5.91 Å². The number of nitrogens with one attached hydrogen (secondary N) is 2. The van der Waals surface area contributed by atoms with Crippen molar-refractivity contribution >= 4 is 33.4 Å². The van der Waals surface area contributed by atoms with Crippen LogP contribution in [0.15, 0.2) is 22.7 Å². The molecule has 3 nitrogen and oxygen atoms in total. The van der Waals surface area contributed by atoms with E-state index in [0.717, 1.165) is 30.4 Å². The first-order valence-electron chi connectivity index (χ1n) is 5.63. The van der Waals surface area contributed by atoms with Gasteiger partial charge < -0.3 is 10.6 Å². The van der Waals surface area contributed by atoms with Crippen LogP contribution in [0.1, 0.15) is 23.2 Å². The molecule has 1 aromatic carbocycles. The minimum absolute atomic E-state index is 0.0453. The first-order chi connectivity index (χ1) is 8.16. The number of carbonyl (C=O) groups excluding carboxylic acids is 1. The topological polar surface area (TPSA) is 41.1 Å². The first kappa shape index (κ1) is 12.9. The number of hydrogen-bond donors (Lipinski definition) is 2. The Labute approximate surface area is 114 Å². The average molecular weight is 318 g/mol. The lowest BCUT2D eigenvalue weighted by molar-refractivity contribution is 0.0930. The summed E-state index contributed by atoms with van der Waals surface area (Å²) in [6.07, 6.45) is 2.14. The third-order valence-corrected chi connectivity index (χ3v) is 4.03. The Bertz CT molecular complexity index is 419. The summed E-state index contributed by atoms with van der Waals surface area (Å²) in [6, 6.07) is 5.43. The summed E-state index contributed by atoms with van der Waals surface area (Å²) in [4.78, 5) is 12.0. The van der Waals surface area contributed by atoms with Crippen LogP contribution < -0.4 is 10.6 Å². The van der Waals surface area contributed by atoms with Gasteiger partial charge in [0.15, 0.2) is 0 Å². The molecule has 0 bridgehead atoms. The van der Waals surface area contributed by atoms with E-state index < -0.39 is 0 Å². The molecule has 0 aliphatic carbocycles. The monoisotopic (exact) mass is 316 g/mol. The lowest BCUT2D eigenvalue weighted by Gasteiger charge is -2.23. The van der Waals surface area contributed by atoms with Gasteiger partial charge in [-0.05, 0) is 53.5 Å². The number of benzene rings is 1. The van der Waals surface area contributed by atoms with Crippen molar-refractivity contribution in [3.63, 3.8) is 0 Å². The highest BCUT2D eigenvalue weighted by Crippen LogP contribution is 2.23. The van der Waals surface area contributed by atoms with Gasteiger partial charge in [0, 0.05) is 22.6 Å². The Hall–Kier alpha value is -0.580. The van der Waals surface area contributed by atoms with Gasteiger partial charge in [-0.3, -0.25) is 4.79 Å². The molecule has 0 aromatic heterocycles. The summed E-state index contributed by atoms with van der Waals surface area (Å²) in [5.74, 6) is -0.0453. The summed E-state index contributed by atoms with van der Waals surface area (Å²) in [5.41, 5.74) is 0.631. The normalized spacial score (nSPS) is 20.0. The van der Waals surface area contributed by atoms with E-state index in [9.17, 15) is 4.79 Å². The summed E-state index contributed by atoms with van der Waals surface area (Å²) < 4.78 is 0.744. The highest BCUT2D eigenvalue weighted by molar-refractivity contribution is 9.10. The zero-order valence-corrected chi connectivity index (χ0v) is 11.6. The molecular weight excluding hydrogens is 304 g/mol.